The molecule has 0 aliphatic heterocycles. The van der Waals surface area contributed by atoms with E-state index in [2.05, 4.69) is 9.71 Å². The molecule has 0 saturated heterocycles. The van der Waals surface area contributed by atoms with Gasteiger partial charge >= 0.3 is 0 Å². The number of nitrogens with one attached hydrogen (secondary N) is 1. The predicted octanol–water partition coefficient (Wildman–Crippen LogP) is 2.12. The SMILES string of the molecule is O=S(=O)(N[C@@H](CO)Cc1ccccc1)c1cccc2cccnc12. The quantitative estimate of drug-likeness (QED) is 0.719. The van der Waals surface area contributed by atoms with Gasteiger partial charge in [0, 0.05) is 17.6 Å². The number of aliphatic hydroxyl groups excluding tert-OH is 1. The number of hydrogen-bond acceptors (Lipinski definition) is 4. The fraction of sp³-hybridized carbons (Fsp3) is 0.167. The van der Waals surface area contributed by atoms with Crippen molar-refractivity contribution < 1.29 is 13.5 Å². The summed E-state index contributed by atoms with van der Waals surface area (Å²) in [5, 5.41) is 10.3. The zero-order chi connectivity index (χ0) is 17.0. The summed E-state index contributed by atoms with van der Waals surface area (Å²) in [6.45, 7) is -0.285. The van der Waals surface area contributed by atoms with Crippen molar-refractivity contribution in [3.8, 4) is 0 Å². The largest absolute Gasteiger partial charge is 0.395 e. The summed E-state index contributed by atoms with van der Waals surface area (Å²) in [7, 11) is -3.79. The summed E-state index contributed by atoms with van der Waals surface area (Å²) < 4.78 is 28.1. The third kappa shape index (κ3) is 3.62. The van der Waals surface area contributed by atoms with Gasteiger partial charge in [-0.25, -0.2) is 13.1 Å². The molecule has 0 amide bonds. The summed E-state index contributed by atoms with van der Waals surface area (Å²) in [5.74, 6) is 0. The van der Waals surface area contributed by atoms with E-state index in [1.165, 1.54) is 6.07 Å². The fourth-order valence-electron chi connectivity index (χ4n) is 2.62. The lowest BCUT2D eigenvalue weighted by molar-refractivity contribution is 0.256. The van der Waals surface area contributed by atoms with E-state index in [0.29, 0.717) is 11.9 Å². The van der Waals surface area contributed by atoms with Crippen molar-refractivity contribution in [3.63, 3.8) is 0 Å². The van der Waals surface area contributed by atoms with Crippen LogP contribution in [0.2, 0.25) is 0 Å². The first kappa shape index (κ1) is 16.6. The first-order valence-electron chi connectivity index (χ1n) is 7.61. The monoisotopic (exact) mass is 342 g/mol. The van der Waals surface area contributed by atoms with Gasteiger partial charge in [0.25, 0.3) is 0 Å². The number of nitrogens with zero attached hydrogens (tertiary/aromatic N) is 1. The molecular weight excluding hydrogens is 324 g/mol. The summed E-state index contributed by atoms with van der Waals surface area (Å²) >= 11 is 0. The summed E-state index contributed by atoms with van der Waals surface area (Å²) in [6.07, 6.45) is 1.98. The Hall–Kier alpha value is -2.28. The van der Waals surface area contributed by atoms with Gasteiger partial charge in [-0.05, 0) is 24.1 Å². The Labute approximate surface area is 141 Å². The topological polar surface area (TPSA) is 79.3 Å². The molecule has 1 aromatic heterocycles. The molecule has 0 saturated carbocycles. The Balaban J connectivity index is 1.89. The van der Waals surface area contributed by atoms with Crippen molar-refractivity contribution in [2.24, 2.45) is 0 Å². The van der Waals surface area contributed by atoms with Crippen LogP contribution in [0.4, 0.5) is 0 Å². The number of rotatable bonds is 6. The zero-order valence-corrected chi connectivity index (χ0v) is 13.8. The van der Waals surface area contributed by atoms with Crippen molar-refractivity contribution in [3.05, 3.63) is 72.4 Å². The van der Waals surface area contributed by atoms with Gasteiger partial charge < -0.3 is 5.11 Å². The average Bonchev–Trinajstić information content (AvgIpc) is 2.61. The Morgan fingerprint density at radius 1 is 1.00 bits per heavy atom. The Morgan fingerprint density at radius 3 is 2.50 bits per heavy atom. The van der Waals surface area contributed by atoms with Gasteiger partial charge in [-0.1, -0.05) is 48.5 Å². The van der Waals surface area contributed by atoms with Crippen LogP contribution >= 0.6 is 0 Å². The molecule has 24 heavy (non-hydrogen) atoms. The van der Waals surface area contributed by atoms with Crippen LogP contribution < -0.4 is 4.72 Å². The van der Waals surface area contributed by atoms with Crippen LogP contribution in [-0.2, 0) is 16.4 Å². The number of aliphatic hydroxyl groups is 1. The van der Waals surface area contributed by atoms with E-state index in [-0.39, 0.29) is 11.5 Å². The molecule has 0 aliphatic carbocycles. The number of aromatic nitrogens is 1. The van der Waals surface area contributed by atoms with Gasteiger partial charge in [-0.3, -0.25) is 4.98 Å². The second-order valence-electron chi connectivity index (χ2n) is 5.52. The minimum atomic E-state index is -3.79. The highest BCUT2D eigenvalue weighted by atomic mass is 32.2. The molecule has 0 bridgehead atoms. The molecule has 124 valence electrons. The number of hydrogen-bond donors (Lipinski definition) is 2. The van der Waals surface area contributed by atoms with Crippen molar-refractivity contribution in [1.82, 2.24) is 9.71 Å². The highest BCUT2D eigenvalue weighted by Crippen LogP contribution is 2.21. The molecule has 6 heteroatoms. The van der Waals surface area contributed by atoms with Gasteiger partial charge in [0.05, 0.1) is 12.1 Å². The van der Waals surface area contributed by atoms with Crippen LogP contribution in [0.5, 0.6) is 0 Å². The highest BCUT2D eigenvalue weighted by molar-refractivity contribution is 7.89. The van der Waals surface area contributed by atoms with Gasteiger partial charge in [0.2, 0.25) is 10.0 Å². The zero-order valence-electron chi connectivity index (χ0n) is 13.0. The molecule has 0 spiro atoms. The molecule has 3 rings (SSSR count). The van der Waals surface area contributed by atoms with Crippen LogP contribution in [0.1, 0.15) is 5.56 Å². The summed E-state index contributed by atoms with van der Waals surface area (Å²) in [4.78, 5) is 4.30. The van der Waals surface area contributed by atoms with Gasteiger partial charge in [0.15, 0.2) is 0 Å². The smallest absolute Gasteiger partial charge is 0.243 e. The van der Waals surface area contributed by atoms with Crippen LogP contribution in [0.3, 0.4) is 0 Å². The minimum Gasteiger partial charge on any atom is -0.395 e. The second kappa shape index (κ2) is 7.09. The van der Waals surface area contributed by atoms with E-state index in [4.69, 9.17) is 0 Å². The lowest BCUT2D eigenvalue weighted by Gasteiger charge is -2.17. The predicted molar refractivity (Wildman–Crippen MR) is 93.1 cm³/mol. The molecule has 0 fully saturated rings. The molecule has 0 aliphatic rings. The number of benzene rings is 2. The van der Waals surface area contributed by atoms with E-state index >= 15 is 0 Å². The lowest BCUT2D eigenvalue weighted by Crippen LogP contribution is -2.39. The summed E-state index contributed by atoms with van der Waals surface area (Å²) in [5.41, 5.74) is 1.37. The van der Waals surface area contributed by atoms with Gasteiger partial charge in [-0.15, -0.1) is 0 Å². The third-order valence-electron chi connectivity index (χ3n) is 3.75. The van der Waals surface area contributed by atoms with E-state index in [9.17, 15) is 13.5 Å². The van der Waals surface area contributed by atoms with E-state index in [1.54, 1.807) is 18.3 Å². The molecule has 1 atom stereocenters. The third-order valence-corrected chi connectivity index (χ3v) is 5.30. The second-order valence-corrected chi connectivity index (χ2v) is 7.20. The van der Waals surface area contributed by atoms with Crippen LogP contribution in [0.25, 0.3) is 10.9 Å². The molecule has 1 heterocycles. The molecular formula is C18H18N2O3S. The number of para-hydroxylation sites is 1. The normalized spacial score (nSPS) is 13.0. The first-order chi connectivity index (χ1) is 11.6. The fourth-order valence-corrected chi connectivity index (χ4v) is 4.02. The Bertz CT molecular complexity index is 922. The lowest BCUT2D eigenvalue weighted by atomic mass is 10.1. The van der Waals surface area contributed by atoms with Crippen molar-refractivity contribution in [1.29, 1.82) is 0 Å². The maximum absolute atomic E-state index is 12.7. The average molecular weight is 342 g/mol. The molecule has 0 radical (unpaired) electrons. The number of sulfonamides is 1. The van der Waals surface area contributed by atoms with Crippen LogP contribution in [0, 0.1) is 0 Å². The Kier molecular flexibility index (Phi) is 4.89. The van der Waals surface area contributed by atoms with Crippen LogP contribution in [0.15, 0.2) is 71.8 Å². The van der Waals surface area contributed by atoms with Crippen LogP contribution in [-0.4, -0.2) is 31.2 Å². The van der Waals surface area contributed by atoms with Crippen molar-refractivity contribution in [2.45, 2.75) is 17.4 Å². The highest BCUT2D eigenvalue weighted by Gasteiger charge is 2.22. The molecule has 2 N–H and O–H groups in total. The maximum atomic E-state index is 12.7. The molecule has 5 nitrogen and oxygen atoms in total. The van der Waals surface area contributed by atoms with Crippen molar-refractivity contribution in [2.75, 3.05) is 6.61 Å². The number of fused-ring (bicyclic) bond motifs is 1. The molecule has 3 aromatic rings. The van der Waals surface area contributed by atoms with Gasteiger partial charge in [0.1, 0.15) is 4.90 Å². The maximum Gasteiger partial charge on any atom is 0.243 e. The Morgan fingerprint density at radius 2 is 1.75 bits per heavy atom. The first-order valence-corrected chi connectivity index (χ1v) is 9.09. The van der Waals surface area contributed by atoms with E-state index in [0.717, 1.165) is 10.9 Å². The minimum absolute atomic E-state index is 0.118. The molecule has 0 unspecified atom stereocenters. The summed E-state index contributed by atoms with van der Waals surface area (Å²) in [6, 6.07) is 17.5. The number of pyridine rings is 1. The molecule has 2 aromatic carbocycles. The van der Waals surface area contributed by atoms with Gasteiger partial charge in [-0.2, -0.15) is 0 Å². The van der Waals surface area contributed by atoms with Crippen molar-refractivity contribution >= 4 is 20.9 Å². The van der Waals surface area contributed by atoms with E-state index < -0.39 is 16.1 Å². The standard InChI is InChI=1S/C18H18N2O3S/c21-13-16(12-14-6-2-1-3-7-14)20-24(22,23)17-10-4-8-15-9-5-11-19-18(15)17/h1-11,16,20-21H,12-13H2/t16-/m1/s1. The van der Waals surface area contributed by atoms with E-state index in [1.807, 2.05) is 42.5 Å².